The number of hydrogen-bond donors (Lipinski definition) is 2. The smallest absolute Gasteiger partial charge is 0.182 e. The van der Waals surface area contributed by atoms with Crippen LogP contribution in [0.1, 0.15) is 11.9 Å². The molecule has 3 heterocycles. The van der Waals surface area contributed by atoms with Gasteiger partial charge in [0.05, 0.1) is 12.9 Å². The predicted molar refractivity (Wildman–Crippen MR) is 61.1 cm³/mol. The van der Waals surface area contributed by atoms with Crippen molar-refractivity contribution in [2.24, 2.45) is 0 Å². The van der Waals surface area contributed by atoms with Crippen molar-refractivity contribution in [3.63, 3.8) is 0 Å². The zero-order valence-electron chi connectivity index (χ0n) is 10.1. The Hall–Kier alpha value is -1.64. The molecule has 19 heavy (non-hydrogen) atoms. The molecule has 0 radical (unpaired) electrons. The van der Waals surface area contributed by atoms with E-state index >= 15 is 0 Å². The lowest BCUT2D eigenvalue weighted by molar-refractivity contribution is -0.0485. The summed E-state index contributed by atoms with van der Waals surface area (Å²) in [6.07, 6.45) is -2.18. The molecule has 0 spiro atoms. The van der Waals surface area contributed by atoms with Gasteiger partial charge < -0.3 is 19.5 Å². The second-order valence-electron chi connectivity index (χ2n) is 4.47. The molecule has 102 valence electrons. The van der Waals surface area contributed by atoms with Crippen LogP contribution in [-0.2, 0) is 4.74 Å². The van der Waals surface area contributed by atoms with Gasteiger partial charge in [-0.25, -0.2) is 19.3 Å². The lowest BCUT2D eigenvalue weighted by Gasteiger charge is -2.20. The van der Waals surface area contributed by atoms with Crippen LogP contribution in [0, 0.1) is 6.92 Å². The number of aromatic nitrogens is 4. The Bertz CT molecular complexity index is 563. The van der Waals surface area contributed by atoms with Crippen molar-refractivity contribution >= 4 is 0 Å². The highest BCUT2D eigenvalue weighted by Gasteiger charge is 2.45. The van der Waals surface area contributed by atoms with E-state index in [1.807, 2.05) is 0 Å². The summed E-state index contributed by atoms with van der Waals surface area (Å²) in [5, 5.41) is 18.7. The minimum Gasteiger partial charge on any atom is -0.394 e. The third-order valence-electron chi connectivity index (χ3n) is 3.36. The highest BCUT2D eigenvalue weighted by Crippen LogP contribution is 2.33. The first-order valence-corrected chi connectivity index (χ1v) is 5.86. The summed E-state index contributed by atoms with van der Waals surface area (Å²) in [5.74, 6) is 0.474. The van der Waals surface area contributed by atoms with Gasteiger partial charge in [0.2, 0.25) is 0 Å². The Kier molecular flexibility index (Phi) is 2.92. The molecule has 8 heteroatoms. The normalized spacial score (nSPS) is 31.2. The topological polar surface area (TPSA) is 93.3 Å². The SMILES string of the molecule is Cc1c2ncnc-2ncn1C1OC(CO)C(O)C1F. The van der Waals surface area contributed by atoms with Crippen molar-refractivity contribution < 1.29 is 19.3 Å². The number of rotatable bonds is 2. The number of aliphatic hydroxyl groups is 2. The fourth-order valence-corrected chi connectivity index (χ4v) is 2.27. The van der Waals surface area contributed by atoms with Crippen LogP contribution in [0.2, 0.25) is 0 Å². The first kappa shape index (κ1) is 12.4. The Morgan fingerprint density at radius 3 is 2.89 bits per heavy atom. The van der Waals surface area contributed by atoms with Crippen LogP contribution in [0.15, 0.2) is 12.7 Å². The summed E-state index contributed by atoms with van der Waals surface area (Å²) in [6.45, 7) is 1.30. The van der Waals surface area contributed by atoms with E-state index in [1.54, 1.807) is 6.92 Å². The molecule has 0 aromatic heterocycles. The number of fused-ring (bicyclic) bond motifs is 1. The fraction of sp³-hybridized carbons (Fsp3) is 0.545. The highest BCUT2D eigenvalue weighted by atomic mass is 19.1. The Morgan fingerprint density at radius 1 is 1.42 bits per heavy atom. The van der Waals surface area contributed by atoms with Crippen LogP contribution in [0.25, 0.3) is 11.5 Å². The van der Waals surface area contributed by atoms with E-state index in [0.717, 1.165) is 0 Å². The quantitative estimate of drug-likeness (QED) is 0.775. The van der Waals surface area contributed by atoms with Gasteiger partial charge in [0.25, 0.3) is 0 Å². The standard InChI is InChI=1S/C11H13FN4O3/c1-5-8-10(14-3-13-8)15-4-16(5)11-7(12)9(18)6(2-17)19-11/h3-4,6-7,9,11,17-18H,2H2,1H3. The van der Waals surface area contributed by atoms with Crippen molar-refractivity contribution in [2.75, 3.05) is 6.61 Å². The Labute approximate surface area is 108 Å². The second-order valence-corrected chi connectivity index (χ2v) is 4.47. The van der Waals surface area contributed by atoms with Gasteiger partial charge in [-0.1, -0.05) is 0 Å². The van der Waals surface area contributed by atoms with Gasteiger partial charge >= 0.3 is 0 Å². The third-order valence-corrected chi connectivity index (χ3v) is 3.36. The van der Waals surface area contributed by atoms with Crippen molar-refractivity contribution in [1.82, 2.24) is 19.5 Å². The molecular weight excluding hydrogens is 255 g/mol. The minimum atomic E-state index is -1.64. The fourth-order valence-electron chi connectivity index (χ4n) is 2.27. The van der Waals surface area contributed by atoms with Gasteiger partial charge in [0.15, 0.2) is 18.2 Å². The van der Waals surface area contributed by atoms with E-state index in [0.29, 0.717) is 17.2 Å². The average Bonchev–Trinajstić information content (AvgIpc) is 2.98. The lowest BCUT2D eigenvalue weighted by atomic mass is 10.1. The molecule has 3 aliphatic rings. The van der Waals surface area contributed by atoms with E-state index in [-0.39, 0.29) is 0 Å². The number of aliphatic hydroxyl groups excluding tert-OH is 2. The molecule has 1 saturated heterocycles. The summed E-state index contributed by atoms with van der Waals surface area (Å²) in [7, 11) is 0. The van der Waals surface area contributed by atoms with Gasteiger partial charge in [-0.05, 0) is 6.92 Å². The minimum absolute atomic E-state index is 0.441. The van der Waals surface area contributed by atoms with Crippen LogP contribution in [0.4, 0.5) is 4.39 Å². The molecule has 4 atom stereocenters. The number of nitrogens with zero attached hydrogens (tertiary/aromatic N) is 4. The number of hydrogen-bond acceptors (Lipinski definition) is 6. The number of halogens is 1. The number of ether oxygens (including phenoxy) is 1. The summed E-state index contributed by atoms with van der Waals surface area (Å²) < 4.78 is 20.8. The van der Waals surface area contributed by atoms with Crippen LogP contribution >= 0.6 is 0 Å². The third kappa shape index (κ3) is 1.79. The molecule has 1 fully saturated rings. The predicted octanol–water partition coefficient (Wildman–Crippen LogP) is -0.325. The van der Waals surface area contributed by atoms with E-state index in [4.69, 9.17) is 9.84 Å². The largest absolute Gasteiger partial charge is 0.394 e. The van der Waals surface area contributed by atoms with Crippen LogP contribution < -0.4 is 0 Å². The maximum absolute atomic E-state index is 14.0. The molecule has 0 saturated carbocycles. The molecule has 0 aromatic carbocycles. The Balaban J connectivity index is 2.01. The van der Waals surface area contributed by atoms with E-state index in [9.17, 15) is 9.50 Å². The Morgan fingerprint density at radius 2 is 2.21 bits per heavy atom. The van der Waals surface area contributed by atoms with Gasteiger partial charge in [-0.15, -0.1) is 0 Å². The van der Waals surface area contributed by atoms with Gasteiger partial charge in [0, 0.05) is 5.69 Å². The molecule has 2 N–H and O–H groups in total. The highest BCUT2D eigenvalue weighted by molar-refractivity contribution is 5.52. The first-order chi connectivity index (χ1) is 9.13. The summed E-state index contributed by atoms with van der Waals surface area (Å²) in [6, 6.07) is 0. The number of alkyl halides is 1. The molecule has 3 aliphatic heterocycles. The molecule has 7 nitrogen and oxygen atoms in total. The lowest BCUT2D eigenvalue weighted by Crippen LogP contribution is -2.30. The average molecular weight is 268 g/mol. The monoisotopic (exact) mass is 268 g/mol. The zero-order chi connectivity index (χ0) is 13.6. The van der Waals surface area contributed by atoms with Crippen LogP contribution in [0.5, 0.6) is 0 Å². The van der Waals surface area contributed by atoms with E-state index in [1.165, 1.54) is 17.2 Å². The van der Waals surface area contributed by atoms with Gasteiger partial charge in [-0.3, -0.25) is 0 Å². The van der Waals surface area contributed by atoms with Crippen molar-refractivity contribution in [3.8, 4) is 11.5 Å². The summed E-state index contributed by atoms with van der Waals surface area (Å²) in [4.78, 5) is 12.1. The molecule has 0 amide bonds. The summed E-state index contributed by atoms with van der Waals surface area (Å²) >= 11 is 0. The molecular formula is C11H13FN4O3. The number of imidazole rings is 1. The van der Waals surface area contributed by atoms with Crippen molar-refractivity contribution in [1.29, 1.82) is 0 Å². The molecule has 0 aliphatic carbocycles. The maximum atomic E-state index is 14.0. The van der Waals surface area contributed by atoms with E-state index < -0.39 is 31.2 Å². The van der Waals surface area contributed by atoms with Gasteiger partial charge in [-0.2, -0.15) is 0 Å². The molecule has 0 aromatic rings. The molecule has 4 unspecified atom stereocenters. The van der Waals surface area contributed by atoms with Crippen LogP contribution in [-0.4, -0.2) is 54.7 Å². The van der Waals surface area contributed by atoms with E-state index in [2.05, 4.69) is 15.0 Å². The maximum Gasteiger partial charge on any atom is 0.182 e. The molecule has 0 bridgehead atoms. The zero-order valence-corrected chi connectivity index (χ0v) is 10.1. The van der Waals surface area contributed by atoms with Crippen LogP contribution in [0.3, 0.4) is 0 Å². The molecule has 3 rings (SSSR count). The van der Waals surface area contributed by atoms with Gasteiger partial charge in [0.1, 0.15) is 24.2 Å². The second kappa shape index (κ2) is 4.48. The first-order valence-electron chi connectivity index (χ1n) is 5.86. The van der Waals surface area contributed by atoms with Crippen molar-refractivity contribution in [2.45, 2.75) is 31.5 Å². The summed E-state index contributed by atoms with van der Waals surface area (Å²) in [5.41, 5.74) is 1.20. The van der Waals surface area contributed by atoms with Crippen molar-refractivity contribution in [3.05, 3.63) is 18.3 Å².